The van der Waals surface area contributed by atoms with Gasteiger partial charge in [0, 0.05) is 35.3 Å². The number of halogens is 2. The molecule has 0 amide bonds. The zero-order valence-corrected chi connectivity index (χ0v) is 13.1. The summed E-state index contributed by atoms with van der Waals surface area (Å²) in [5, 5.41) is 3.98. The Kier molecular flexibility index (Phi) is 5.43. The van der Waals surface area contributed by atoms with Crippen LogP contribution in [0.4, 0.5) is 0 Å². The normalized spacial score (nSPS) is 11.3. The average Bonchev–Trinajstić information content (AvgIpc) is 2.44. The maximum Gasteiger partial charge on any atom is 0.169 e. The largest absolute Gasteiger partial charge is 0.393 e. The predicted molar refractivity (Wildman–Crippen MR) is 88.7 cm³/mol. The average molecular weight is 320 g/mol. The number of nitrogens with one attached hydrogen (secondary N) is 1. The number of hydrogen-bond acceptors (Lipinski definition) is 2. The van der Waals surface area contributed by atoms with Crippen molar-refractivity contribution in [3.8, 4) is 0 Å². The second kappa shape index (κ2) is 7.30. The molecular formula is C17H15Cl2NO. The van der Waals surface area contributed by atoms with E-state index >= 15 is 0 Å². The van der Waals surface area contributed by atoms with Gasteiger partial charge in [-0.15, -0.1) is 0 Å². The van der Waals surface area contributed by atoms with E-state index in [4.69, 9.17) is 23.2 Å². The fourth-order valence-corrected chi connectivity index (χ4v) is 2.65. The lowest BCUT2D eigenvalue weighted by Crippen LogP contribution is -2.09. The quantitative estimate of drug-likeness (QED) is 0.829. The Balaban J connectivity index is 2.26. The van der Waals surface area contributed by atoms with E-state index in [1.54, 1.807) is 31.4 Å². The van der Waals surface area contributed by atoms with E-state index in [1.165, 1.54) is 0 Å². The van der Waals surface area contributed by atoms with E-state index in [-0.39, 0.29) is 12.2 Å². The molecule has 0 unspecified atom stereocenters. The van der Waals surface area contributed by atoms with Gasteiger partial charge in [-0.1, -0.05) is 53.5 Å². The Morgan fingerprint density at radius 2 is 1.71 bits per heavy atom. The molecule has 4 heteroatoms. The smallest absolute Gasteiger partial charge is 0.169 e. The summed E-state index contributed by atoms with van der Waals surface area (Å²) in [6, 6.07) is 14.7. The lowest BCUT2D eigenvalue weighted by Gasteiger charge is -2.08. The molecule has 0 spiro atoms. The van der Waals surface area contributed by atoms with E-state index in [9.17, 15) is 4.79 Å². The Bertz CT molecular complexity index is 645. The minimum atomic E-state index is 0.00823. The van der Waals surface area contributed by atoms with Crippen LogP contribution < -0.4 is 5.32 Å². The van der Waals surface area contributed by atoms with Crippen LogP contribution in [-0.4, -0.2) is 12.8 Å². The second-order valence-electron chi connectivity index (χ2n) is 4.59. The van der Waals surface area contributed by atoms with Crippen molar-refractivity contribution in [2.24, 2.45) is 0 Å². The molecule has 0 aliphatic rings. The molecule has 21 heavy (non-hydrogen) atoms. The first-order valence-corrected chi connectivity index (χ1v) is 7.27. The molecule has 0 aliphatic heterocycles. The molecule has 0 saturated heterocycles. The van der Waals surface area contributed by atoms with E-state index in [2.05, 4.69) is 5.32 Å². The Morgan fingerprint density at radius 1 is 1.10 bits per heavy atom. The third-order valence-electron chi connectivity index (χ3n) is 2.96. The van der Waals surface area contributed by atoms with Crippen LogP contribution in [0.15, 0.2) is 54.7 Å². The maximum atomic E-state index is 12.5. The van der Waals surface area contributed by atoms with Gasteiger partial charge in [-0.2, -0.15) is 0 Å². The van der Waals surface area contributed by atoms with Crippen LogP contribution in [0.3, 0.4) is 0 Å². The molecule has 0 fully saturated rings. The van der Waals surface area contributed by atoms with Crippen molar-refractivity contribution in [1.82, 2.24) is 5.32 Å². The van der Waals surface area contributed by atoms with Crippen molar-refractivity contribution in [3.63, 3.8) is 0 Å². The van der Waals surface area contributed by atoms with Crippen molar-refractivity contribution >= 4 is 34.6 Å². The standard InChI is InChI=1S/C17H15Cl2NO/c1-20-11-16(13-5-3-2-4-6-13)17(21)9-12-7-14(18)10-15(19)8-12/h2-8,10-11,20H,9H2,1H3. The molecule has 0 radical (unpaired) electrons. The molecule has 2 rings (SSSR count). The lowest BCUT2D eigenvalue weighted by molar-refractivity contribution is -0.113. The van der Waals surface area contributed by atoms with E-state index < -0.39 is 0 Å². The highest BCUT2D eigenvalue weighted by Gasteiger charge is 2.13. The lowest BCUT2D eigenvalue weighted by atomic mass is 9.98. The topological polar surface area (TPSA) is 29.1 Å². The van der Waals surface area contributed by atoms with E-state index in [1.807, 2.05) is 30.3 Å². The summed E-state index contributed by atoms with van der Waals surface area (Å²) < 4.78 is 0. The summed E-state index contributed by atoms with van der Waals surface area (Å²) in [4.78, 5) is 12.5. The second-order valence-corrected chi connectivity index (χ2v) is 5.46. The highest BCUT2D eigenvalue weighted by atomic mass is 35.5. The minimum Gasteiger partial charge on any atom is -0.393 e. The van der Waals surface area contributed by atoms with Crippen molar-refractivity contribution in [2.75, 3.05) is 7.05 Å². The van der Waals surface area contributed by atoms with Crippen molar-refractivity contribution in [1.29, 1.82) is 0 Å². The molecule has 2 aromatic carbocycles. The van der Waals surface area contributed by atoms with Crippen LogP contribution >= 0.6 is 23.2 Å². The van der Waals surface area contributed by atoms with Gasteiger partial charge in [-0.05, 0) is 29.3 Å². The molecule has 0 aromatic heterocycles. The van der Waals surface area contributed by atoms with E-state index in [0.717, 1.165) is 11.1 Å². The van der Waals surface area contributed by atoms with Crippen molar-refractivity contribution < 1.29 is 4.79 Å². The third-order valence-corrected chi connectivity index (χ3v) is 3.40. The zero-order valence-electron chi connectivity index (χ0n) is 11.6. The highest BCUT2D eigenvalue weighted by molar-refractivity contribution is 6.34. The molecule has 108 valence electrons. The zero-order chi connectivity index (χ0) is 15.2. The van der Waals surface area contributed by atoms with Crippen LogP contribution in [0.1, 0.15) is 11.1 Å². The molecular weight excluding hydrogens is 305 g/mol. The van der Waals surface area contributed by atoms with Gasteiger partial charge >= 0.3 is 0 Å². The third kappa shape index (κ3) is 4.35. The number of hydrogen-bond donors (Lipinski definition) is 1. The molecule has 0 saturated carbocycles. The fraction of sp³-hybridized carbons (Fsp3) is 0.118. The van der Waals surface area contributed by atoms with Gasteiger partial charge in [-0.3, -0.25) is 4.79 Å². The van der Waals surface area contributed by atoms with Crippen LogP contribution in [-0.2, 0) is 11.2 Å². The summed E-state index contributed by atoms with van der Waals surface area (Å²) in [7, 11) is 1.77. The molecule has 2 aromatic rings. The number of Topliss-reactive ketones (excluding diaryl/α,β-unsaturated/α-hetero) is 1. The first kappa shape index (κ1) is 15.6. The molecule has 1 N–H and O–H groups in total. The first-order valence-electron chi connectivity index (χ1n) is 6.51. The summed E-state index contributed by atoms with van der Waals surface area (Å²) in [5.74, 6) is 0.00823. The summed E-state index contributed by atoms with van der Waals surface area (Å²) in [5.41, 5.74) is 2.31. The Morgan fingerprint density at radius 3 is 2.29 bits per heavy atom. The van der Waals surface area contributed by atoms with Crippen molar-refractivity contribution in [3.05, 3.63) is 75.9 Å². The van der Waals surface area contributed by atoms with Crippen LogP contribution in [0.25, 0.3) is 5.57 Å². The Hall–Kier alpha value is -1.77. The van der Waals surface area contributed by atoms with E-state index in [0.29, 0.717) is 15.6 Å². The monoisotopic (exact) mass is 319 g/mol. The predicted octanol–water partition coefficient (Wildman–Crippen LogP) is 4.37. The van der Waals surface area contributed by atoms with Crippen molar-refractivity contribution in [2.45, 2.75) is 6.42 Å². The number of carbonyl (C=O) groups excluding carboxylic acids is 1. The number of ketones is 1. The number of rotatable bonds is 5. The van der Waals surface area contributed by atoms with Gasteiger partial charge in [0.2, 0.25) is 0 Å². The maximum absolute atomic E-state index is 12.5. The van der Waals surface area contributed by atoms with Gasteiger partial charge in [-0.25, -0.2) is 0 Å². The molecule has 0 bridgehead atoms. The minimum absolute atomic E-state index is 0.00823. The fourth-order valence-electron chi connectivity index (χ4n) is 2.08. The first-order chi connectivity index (χ1) is 10.1. The van der Waals surface area contributed by atoms with Gasteiger partial charge in [0.15, 0.2) is 5.78 Å². The van der Waals surface area contributed by atoms with Gasteiger partial charge < -0.3 is 5.32 Å². The van der Waals surface area contributed by atoms with Crippen LogP contribution in [0.5, 0.6) is 0 Å². The number of benzene rings is 2. The van der Waals surface area contributed by atoms with Gasteiger partial charge in [0.05, 0.1) is 0 Å². The SMILES string of the molecule is CNC=C(C(=O)Cc1cc(Cl)cc(Cl)c1)c1ccccc1. The number of allylic oxidation sites excluding steroid dienone is 1. The molecule has 2 nitrogen and oxygen atoms in total. The highest BCUT2D eigenvalue weighted by Crippen LogP contribution is 2.22. The molecule has 0 aliphatic carbocycles. The summed E-state index contributed by atoms with van der Waals surface area (Å²) in [6.07, 6.45) is 1.96. The van der Waals surface area contributed by atoms with Gasteiger partial charge in [0.1, 0.15) is 0 Å². The summed E-state index contributed by atoms with van der Waals surface area (Å²) >= 11 is 11.9. The van der Waals surface area contributed by atoms with Crippen LogP contribution in [0, 0.1) is 0 Å². The van der Waals surface area contributed by atoms with Crippen LogP contribution in [0.2, 0.25) is 10.0 Å². The molecule has 0 atom stereocenters. The Labute approximate surface area is 134 Å². The number of carbonyl (C=O) groups is 1. The summed E-state index contributed by atoms with van der Waals surface area (Å²) in [6.45, 7) is 0. The van der Waals surface area contributed by atoms with Gasteiger partial charge in [0.25, 0.3) is 0 Å². The molecule has 0 heterocycles.